The summed E-state index contributed by atoms with van der Waals surface area (Å²) in [6.45, 7) is 0. The molecule has 0 fully saturated rings. The molecule has 0 amide bonds. The van der Waals surface area contributed by atoms with Crippen LogP contribution in [-0.4, -0.2) is 31.3 Å². The molecule has 0 unspecified atom stereocenters. The number of methoxy groups -OCH3 is 3. The number of benzene rings is 1. The van der Waals surface area contributed by atoms with E-state index < -0.39 is 0 Å². The van der Waals surface area contributed by atoms with Gasteiger partial charge in [0.05, 0.1) is 21.3 Å². The Hall–Kier alpha value is -3.01. The molecule has 0 saturated heterocycles. The second-order valence-electron chi connectivity index (χ2n) is 3.90. The van der Waals surface area contributed by atoms with Gasteiger partial charge in [-0.2, -0.15) is 5.26 Å². The van der Waals surface area contributed by atoms with Crippen molar-refractivity contribution in [3.63, 3.8) is 0 Å². The highest BCUT2D eigenvalue weighted by Gasteiger charge is 2.14. The number of rotatable bonds is 5. The topological polar surface area (TPSA) is 89.3 Å². The van der Waals surface area contributed by atoms with Gasteiger partial charge in [-0.15, -0.1) is 0 Å². The molecule has 0 aliphatic rings. The average Bonchev–Trinajstić information content (AvgIpc) is 2.54. The van der Waals surface area contributed by atoms with E-state index in [1.54, 1.807) is 12.1 Å². The number of aromatic nitrogens is 2. The second kappa shape index (κ2) is 6.43. The summed E-state index contributed by atoms with van der Waals surface area (Å²) in [5.41, 5.74) is 0.841. The standard InChI is InChI=1S/C14H14N4O3/c1-19-11-6-9(7-12(20-2)13(11)21-3)18-14-10(8-15)16-4-5-17-14/h4-7H,1-3H3,(H,17,18). The maximum Gasteiger partial charge on any atom is 0.203 e. The largest absolute Gasteiger partial charge is 0.493 e. The highest BCUT2D eigenvalue weighted by Crippen LogP contribution is 2.40. The molecule has 0 aliphatic heterocycles. The number of anilines is 2. The van der Waals surface area contributed by atoms with Crippen molar-refractivity contribution in [3.8, 4) is 23.3 Å². The molecule has 1 aromatic heterocycles. The van der Waals surface area contributed by atoms with Crippen molar-refractivity contribution in [1.29, 1.82) is 5.26 Å². The third kappa shape index (κ3) is 2.95. The third-order valence-electron chi connectivity index (χ3n) is 2.73. The van der Waals surface area contributed by atoms with Gasteiger partial charge in [-0.1, -0.05) is 0 Å². The van der Waals surface area contributed by atoms with E-state index in [9.17, 15) is 0 Å². The lowest BCUT2D eigenvalue weighted by atomic mass is 10.2. The zero-order chi connectivity index (χ0) is 15.2. The maximum absolute atomic E-state index is 9.02. The zero-order valence-corrected chi connectivity index (χ0v) is 11.9. The summed E-state index contributed by atoms with van der Waals surface area (Å²) in [5, 5.41) is 12.0. The van der Waals surface area contributed by atoms with Gasteiger partial charge in [0.25, 0.3) is 0 Å². The average molecular weight is 286 g/mol. The molecule has 21 heavy (non-hydrogen) atoms. The fourth-order valence-electron chi connectivity index (χ4n) is 1.80. The Morgan fingerprint density at radius 1 is 1.00 bits per heavy atom. The van der Waals surface area contributed by atoms with Crippen LogP contribution in [0.4, 0.5) is 11.5 Å². The highest BCUT2D eigenvalue weighted by atomic mass is 16.5. The van der Waals surface area contributed by atoms with Crippen LogP contribution in [0.15, 0.2) is 24.5 Å². The Labute approximate surface area is 122 Å². The van der Waals surface area contributed by atoms with Crippen LogP contribution in [-0.2, 0) is 0 Å². The fraction of sp³-hybridized carbons (Fsp3) is 0.214. The van der Waals surface area contributed by atoms with Crippen LogP contribution in [0.3, 0.4) is 0 Å². The van der Waals surface area contributed by atoms with E-state index in [1.165, 1.54) is 33.7 Å². The van der Waals surface area contributed by atoms with Crippen LogP contribution in [0.5, 0.6) is 17.2 Å². The van der Waals surface area contributed by atoms with Gasteiger partial charge in [-0.05, 0) is 0 Å². The molecule has 2 aromatic rings. The fourth-order valence-corrected chi connectivity index (χ4v) is 1.80. The molecule has 1 N–H and O–H groups in total. The predicted octanol–water partition coefficient (Wildman–Crippen LogP) is 2.12. The van der Waals surface area contributed by atoms with E-state index in [-0.39, 0.29) is 5.69 Å². The number of ether oxygens (including phenoxy) is 3. The minimum atomic E-state index is 0.200. The van der Waals surface area contributed by atoms with Crippen LogP contribution < -0.4 is 19.5 Å². The van der Waals surface area contributed by atoms with Crippen LogP contribution in [0.2, 0.25) is 0 Å². The molecular weight excluding hydrogens is 272 g/mol. The molecule has 0 atom stereocenters. The van der Waals surface area contributed by atoms with Crippen molar-refractivity contribution in [1.82, 2.24) is 9.97 Å². The Morgan fingerprint density at radius 3 is 2.14 bits per heavy atom. The number of nitrogens with one attached hydrogen (secondary N) is 1. The molecule has 108 valence electrons. The highest BCUT2D eigenvalue weighted by molar-refractivity contribution is 5.68. The molecule has 0 radical (unpaired) electrons. The summed E-state index contributed by atoms with van der Waals surface area (Å²) >= 11 is 0. The number of hydrogen-bond acceptors (Lipinski definition) is 7. The van der Waals surface area contributed by atoms with E-state index in [4.69, 9.17) is 19.5 Å². The number of hydrogen-bond donors (Lipinski definition) is 1. The molecule has 0 saturated carbocycles. The smallest absolute Gasteiger partial charge is 0.203 e. The van der Waals surface area contributed by atoms with Gasteiger partial charge in [0.2, 0.25) is 5.75 Å². The van der Waals surface area contributed by atoms with Crippen molar-refractivity contribution >= 4 is 11.5 Å². The van der Waals surface area contributed by atoms with Gasteiger partial charge in [-0.25, -0.2) is 9.97 Å². The van der Waals surface area contributed by atoms with Gasteiger partial charge < -0.3 is 19.5 Å². The Bertz CT molecular complexity index is 657. The van der Waals surface area contributed by atoms with Crippen LogP contribution in [0, 0.1) is 11.3 Å². The first-order chi connectivity index (χ1) is 10.2. The molecule has 1 heterocycles. The molecule has 2 rings (SSSR count). The van der Waals surface area contributed by atoms with E-state index in [2.05, 4.69) is 15.3 Å². The summed E-state index contributed by atoms with van der Waals surface area (Å²) in [6, 6.07) is 5.41. The summed E-state index contributed by atoms with van der Waals surface area (Å²) in [6.07, 6.45) is 2.96. The first-order valence-corrected chi connectivity index (χ1v) is 6.01. The van der Waals surface area contributed by atoms with Crippen molar-refractivity contribution < 1.29 is 14.2 Å². The SMILES string of the molecule is COc1cc(Nc2nccnc2C#N)cc(OC)c1OC. The predicted molar refractivity (Wildman–Crippen MR) is 76.1 cm³/mol. The third-order valence-corrected chi connectivity index (χ3v) is 2.73. The molecule has 1 aromatic carbocycles. The zero-order valence-electron chi connectivity index (χ0n) is 11.9. The first kappa shape index (κ1) is 14.4. The quantitative estimate of drug-likeness (QED) is 0.900. The van der Waals surface area contributed by atoms with E-state index in [1.807, 2.05) is 6.07 Å². The Kier molecular flexibility index (Phi) is 4.41. The minimum Gasteiger partial charge on any atom is -0.493 e. The first-order valence-electron chi connectivity index (χ1n) is 6.01. The molecule has 7 nitrogen and oxygen atoms in total. The monoisotopic (exact) mass is 286 g/mol. The molecule has 0 bridgehead atoms. The van der Waals surface area contributed by atoms with Crippen LogP contribution in [0.1, 0.15) is 5.69 Å². The summed E-state index contributed by atoms with van der Waals surface area (Å²) in [7, 11) is 4.60. The van der Waals surface area contributed by atoms with Gasteiger partial charge in [0, 0.05) is 30.2 Å². The lowest BCUT2D eigenvalue weighted by Crippen LogP contribution is -2.01. The van der Waals surface area contributed by atoms with Gasteiger partial charge in [0.1, 0.15) is 6.07 Å². The lowest BCUT2D eigenvalue weighted by molar-refractivity contribution is 0.324. The molecule has 0 spiro atoms. The normalized spacial score (nSPS) is 9.62. The van der Waals surface area contributed by atoms with Crippen molar-refractivity contribution in [2.24, 2.45) is 0 Å². The summed E-state index contributed by atoms with van der Waals surface area (Å²) < 4.78 is 15.8. The molecular formula is C14H14N4O3. The van der Waals surface area contributed by atoms with E-state index in [0.29, 0.717) is 28.8 Å². The van der Waals surface area contributed by atoms with Gasteiger partial charge in [0.15, 0.2) is 23.0 Å². The van der Waals surface area contributed by atoms with Crippen molar-refractivity contribution in [2.45, 2.75) is 0 Å². The Morgan fingerprint density at radius 2 is 1.62 bits per heavy atom. The Balaban J connectivity index is 2.43. The van der Waals surface area contributed by atoms with E-state index in [0.717, 1.165) is 0 Å². The summed E-state index contributed by atoms with van der Waals surface area (Å²) in [5.74, 6) is 1.85. The molecule has 7 heteroatoms. The molecule has 0 aliphatic carbocycles. The maximum atomic E-state index is 9.02. The van der Waals surface area contributed by atoms with Crippen LogP contribution in [0.25, 0.3) is 0 Å². The van der Waals surface area contributed by atoms with Crippen molar-refractivity contribution in [2.75, 3.05) is 26.6 Å². The van der Waals surface area contributed by atoms with Gasteiger partial charge in [-0.3, -0.25) is 0 Å². The van der Waals surface area contributed by atoms with Gasteiger partial charge >= 0.3 is 0 Å². The number of nitriles is 1. The lowest BCUT2D eigenvalue weighted by Gasteiger charge is -2.14. The minimum absolute atomic E-state index is 0.200. The number of nitrogens with zero attached hydrogens (tertiary/aromatic N) is 3. The van der Waals surface area contributed by atoms with Crippen molar-refractivity contribution in [3.05, 3.63) is 30.2 Å². The summed E-state index contributed by atoms with van der Waals surface area (Å²) in [4.78, 5) is 8.03. The second-order valence-corrected chi connectivity index (χ2v) is 3.90. The van der Waals surface area contributed by atoms with E-state index >= 15 is 0 Å². The van der Waals surface area contributed by atoms with Crippen LogP contribution >= 0.6 is 0 Å².